The second kappa shape index (κ2) is 9.03. The van der Waals surface area contributed by atoms with Gasteiger partial charge in [-0.15, -0.1) is 0 Å². The molecule has 2 rings (SSSR count). The Morgan fingerprint density at radius 2 is 2.04 bits per heavy atom. The maximum Gasteiger partial charge on any atom is 0.336 e. The van der Waals surface area contributed by atoms with Crippen LogP contribution in [0.5, 0.6) is 5.75 Å². The Labute approximate surface area is 151 Å². The highest BCUT2D eigenvalue weighted by Gasteiger charge is 2.13. The number of fused-ring (bicyclic) bond motifs is 1. The minimum atomic E-state index is -0.897. The van der Waals surface area contributed by atoms with Crippen molar-refractivity contribution in [3.8, 4) is 5.75 Å². The van der Waals surface area contributed by atoms with Crippen LogP contribution in [-0.4, -0.2) is 30.1 Å². The summed E-state index contributed by atoms with van der Waals surface area (Å²) in [4.78, 5) is 34.1. The van der Waals surface area contributed by atoms with Crippen LogP contribution >= 0.6 is 0 Å². The van der Waals surface area contributed by atoms with Crippen molar-refractivity contribution >= 4 is 22.8 Å². The molecule has 1 amide bonds. The number of benzene rings is 1. The molecule has 0 radical (unpaired) electrons. The van der Waals surface area contributed by atoms with Gasteiger partial charge in [-0.25, -0.2) is 4.79 Å². The SMILES string of the molecule is CCCc1cc(=O)oc2cc(C)cc(OCC(=O)NCCCC(=O)O)c12. The number of aliphatic carboxylic acids is 1. The van der Waals surface area contributed by atoms with Crippen molar-refractivity contribution in [1.29, 1.82) is 0 Å². The number of amides is 1. The first-order valence-corrected chi connectivity index (χ1v) is 8.59. The van der Waals surface area contributed by atoms with E-state index in [4.69, 9.17) is 14.3 Å². The number of carbonyl (C=O) groups is 2. The molecule has 2 N–H and O–H groups in total. The largest absolute Gasteiger partial charge is 0.483 e. The van der Waals surface area contributed by atoms with Crippen molar-refractivity contribution < 1.29 is 23.8 Å². The fourth-order valence-electron chi connectivity index (χ4n) is 2.71. The molecule has 0 aliphatic carbocycles. The number of carboxylic acid groups (broad SMARTS) is 1. The van der Waals surface area contributed by atoms with Gasteiger partial charge in [-0.3, -0.25) is 9.59 Å². The standard InChI is InChI=1S/C19H23NO6/c1-3-5-13-10-18(24)26-15-9-12(2)8-14(19(13)15)25-11-16(21)20-7-4-6-17(22)23/h8-10H,3-7,11H2,1-2H3,(H,20,21)(H,22,23). The molecule has 26 heavy (non-hydrogen) atoms. The van der Waals surface area contributed by atoms with Gasteiger partial charge in [-0.05, 0) is 43.0 Å². The van der Waals surface area contributed by atoms with E-state index in [1.165, 1.54) is 6.07 Å². The Bertz CT molecular complexity index is 855. The highest BCUT2D eigenvalue weighted by Crippen LogP contribution is 2.30. The van der Waals surface area contributed by atoms with Crippen LogP contribution in [-0.2, 0) is 16.0 Å². The molecule has 0 fully saturated rings. The first kappa shape index (κ1) is 19.5. The molecule has 1 aromatic carbocycles. The zero-order chi connectivity index (χ0) is 19.1. The molecule has 0 spiro atoms. The maximum atomic E-state index is 11.9. The van der Waals surface area contributed by atoms with Crippen molar-refractivity contribution in [1.82, 2.24) is 5.32 Å². The first-order valence-electron chi connectivity index (χ1n) is 8.59. The Balaban J connectivity index is 2.14. The summed E-state index contributed by atoms with van der Waals surface area (Å²) >= 11 is 0. The van der Waals surface area contributed by atoms with Crippen LogP contribution in [0.15, 0.2) is 27.4 Å². The zero-order valence-electron chi connectivity index (χ0n) is 15.0. The van der Waals surface area contributed by atoms with Crippen LogP contribution in [0.1, 0.15) is 37.3 Å². The number of carboxylic acids is 1. The second-order valence-corrected chi connectivity index (χ2v) is 6.11. The number of hydrogen-bond donors (Lipinski definition) is 2. The van der Waals surface area contributed by atoms with Gasteiger partial charge in [0.1, 0.15) is 11.3 Å². The third-order valence-corrected chi connectivity index (χ3v) is 3.80. The number of hydrogen-bond acceptors (Lipinski definition) is 5. The van der Waals surface area contributed by atoms with Gasteiger partial charge in [0.2, 0.25) is 0 Å². The number of nitrogens with one attached hydrogen (secondary N) is 1. The van der Waals surface area contributed by atoms with Crippen molar-refractivity contribution in [3.05, 3.63) is 39.7 Å². The Morgan fingerprint density at radius 1 is 1.27 bits per heavy atom. The van der Waals surface area contributed by atoms with Gasteiger partial charge in [0.25, 0.3) is 5.91 Å². The lowest BCUT2D eigenvalue weighted by molar-refractivity contribution is -0.137. The molecular formula is C19H23NO6. The predicted octanol–water partition coefficient (Wildman–Crippen LogP) is 2.41. The van der Waals surface area contributed by atoms with E-state index in [0.717, 1.165) is 17.5 Å². The molecule has 0 saturated heterocycles. The smallest absolute Gasteiger partial charge is 0.336 e. The van der Waals surface area contributed by atoms with Crippen LogP contribution < -0.4 is 15.7 Å². The average molecular weight is 361 g/mol. The van der Waals surface area contributed by atoms with Gasteiger partial charge in [-0.1, -0.05) is 13.3 Å². The van der Waals surface area contributed by atoms with E-state index in [-0.39, 0.29) is 25.5 Å². The van der Waals surface area contributed by atoms with Gasteiger partial charge in [-0.2, -0.15) is 0 Å². The highest BCUT2D eigenvalue weighted by atomic mass is 16.5. The minimum Gasteiger partial charge on any atom is -0.483 e. The van der Waals surface area contributed by atoms with E-state index >= 15 is 0 Å². The number of carbonyl (C=O) groups excluding carboxylic acids is 1. The molecule has 0 aliphatic heterocycles. The van der Waals surface area contributed by atoms with E-state index < -0.39 is 11.6 Å². The number of rotatable bonds is 9. The predicted molar refractivity (Wildman–Crippen MR) is 96.6 cm³/mol. The van der Waals surface area contributed by atoms with Crippen LogP contribution in [0.2, 0.25) is 0 Å². The third-order valence-electron chi connectivity index (χ3n) is 3.80. The van der Waals surface area contributed by atoms with Crippen LogP contribution in [0.25, 0.3) is 11.0 Å². The molecule has 0 saturated carbocycles. The van der Waals surface area contributed by atoms with E-state index in [1.54, 1.807) is 12.1 Å². The Hall–Kier alpha value is -2.83. The summed E-state index contributed by atoms with van der Waals surface area (Å²) < 4.78 is 11.0. The van der Waals surface area contributed by atoms with Gasteiger partial charge in [0.05, 0.1) is 5.39 Å². The second-order valence-electron chi connectivity index (χ2n) is 6.11. The molecule has 0 bridgehead atoms. The summed E-state index contributed by atoms with van der Waals surface area (Å²) in [5, 5.41) is 11.9. The molecule has 0 unspecified atom stereocenters. The van der Waals surface area contributed by atoms with E-state index in [0.29, 0.717) is 29.6 Å². The summed E-state index contributed by atoms with van der Waals surface area (Å²) in [5.74, 6) is -0.737. The average Bonchev–Trinajstić information content (AvgIpc) is 2.56. The van der Waals surface area contributed by atoms with Crippen molar-refractivity contribution in [3.63, 3.8) is 0 Å². The topological polar surface area (TPSA) is 106 Å². The first-order chi connectivity index (χ1) is 12.4. The fourth-order valence-corrected chi connectivity index (χ4v) is 2.71. The fraction of sp³-hybridized carbons (Fsp3) is 0.421. The molecule has 0 aliphatic rings. The normalized spacial score (nSPS) is 10.7. The van der Waals surface area contributed by atoms with Gasteiger partial charge in [0, 0.05) is 19.0 Å². The van der Waals surface area contributed by atoms with Gasteiger partial charge in [0.15, 0.2) is 6.61 Å². The van der Waals surface area contributed by atoms with Crippen LogP contribution in [0.4, 0.5) is 0 Å². The molecule has 140 valence electrons. The third kappa shape index (κ3) is 5.34. The van der Waals surface area contributed by atoms with E-state index in [1.807, 2.05) is 13.8 Å². The van der Waals surface area contributed by atoms with Gasteiger partial charge >= 0.3 is 11.6 Å². The number of ether oxygens (including phenoxy) is 1. The van der Waals surface area contributed by atoms with Crippen LogP contribution in [0.3, 0.4) is 0 Å². The number of aryl methyl sites for hydroxylation is 2. The molecule has 2 aromatic rings. The van der Waals surface area contributed by atoms with Crippen molar-refractivity contribution in [2.75, 3.05) is 13.2 Å². The molecule has 1 aromatic heterocycles. The van der Waals surface area contributed by atoms with Crippen molar-refractivity contribution in [2.24, 2.45) is 0 Å². The molecule has 7 heteroatoms. The van der Waals surface area contributed by atoms with Gasteiger partial charge < -0.3 is 19.6 Å². The summed E-state index contributed by atoms with van der Waals surface area (Å²) in [5.41, 5.74) is 1.72. The maximum absolute atomic E-state index is 11.9. The highest BCUT2D eigenvalue weighted by molar-refractivity contribution is 5.88. The quantitative estimate of drug-likeness (QED) is 0.525. The summed E-state index contributed by atoms with van der Waals surface area (Å²) in [6.45, 7) is 3.94. The minimum absolute atomic E-state index is 0.00304. The zero-order valence-corrected chi connectivity index (χ0v) is 15.0. The Kier molecular flexibility index (Phi) is 6.77. The monoisotopic (exact) mass is 361 g/mol. The summed E-state index contributed by atoms with van der Waals surface area (Å²) in [6, 6.07) is 5.04. The molecule has 1 heterocycles. The molecular weight excluding hydrogens is 338 g/mol. The van der Waals surface area contributed by atoms with E-state index in [9.17, 15) is 14.4 Å². The molecule has 0 atom stereocenters. The lowest BCUT2D eigenvalue weighted by atomic mass is 10.0. The molecule has 7 nitrogen and oxygen atoms in total. The lowest BCUT2D eigenvalue weighted by Gasteiger charge is -2.13. The lowest BCUT2D eigenvalue weighted by Crippen LogP contribution is -2.30. The Morgan fingerprint density at radius 3 is 2.73 bits per heavy atom. The van der Waals surface area contributed by atoms with E-state index in [2.05, 4.69) is 5.32 Å². The summed E-state index contributed by atoms with van der Waals surface area (Å²) in [6.07, 6.45) is 1.92. The summed E-state index contributed by atoms with van der Waals surface area (Å²) in [7, 11) is 0. The van der Waals surface area contributed by atoms with Crippen molar-refractivity contribution in [2.45, 2.75) is 39.5 Å². The van der Waals surface area contributed by atoms with Crippen LogP contribution in [0, 0.1) is 6.92 Å².